The Hall–Kier alpha value is -1.85. The van der Waals surface area contributed by atoms with Crippen molar-refractivity contribution in [1.82, 2.24) is 10.3 Å². The first-order valence-electron chi connectivity index (χ1n) is 7.35. The molecular formula is C17H20N2O2S. The van der Waals surface area contributed by atoms with Crippen molar-refractivity contribution in [3.63, 3.8) is 0 Å². The predicted molar refractivity (Wildman–Crippen MR) is 88.1 cm³/mol. The zero-order valence-electron chi connectivity index (χ0n) is 12.5. The Labute approximate surface area is 135 Å². The van der Waals surface area contributed by atoms with Gasteiger partial charge in [-0.2, -0.15) is 0 Å². The molecule has 22 heavy (non-hydrogen) atoms. The lowest BCUT2D eigenvalue weighted by molar-refractivity contribution is 0.0938. The van der Waals surface area contributed by atoms with E-state index in [9.17, 15) is 9.90 Å². The molecule has 0 fully saturated rings. The summed E-state index contributed by atoms with van der Waals surface area (Å²) in [6.07, 6.45) is 2.57. The quantitative estimate of drug-likeness (QED) is 0.824. The highest BCUT2D eigenvalue weighted by Gasteiger charge is 2.13. The van der Waals surface area contributed by atoms with Crippen LogP contribution in [0.15, 0.2) is 58.6 Å². The van der Waals surface area contributed by atoms with Crippen LogP contribution in [0.4, 0.5) is 0 Å². The van der Waals surface area contributed by atoms with Gasteiger partial charge in [0.1, 0.15) is 5.03 Å². The number of hydrogen-bond acceptors (Lipinski definition) is 4. The maximum absolute atomic E-state index is 12.3. The molecule has 0 bridgehead atoms. The molecular weight excluding hydrogens is 296 g/mol. The number of carbonyl (C=O) groups excluding carboxylic acids is 1. The SMILES string of the molecule is CCC(O)CCNC(=O)c1cccnc1Sc1ccccc1. The van der Waals surface area contributed by atoms with E-state index in [1.807, 2.05) is 37.3 Å². The molecule has 1 amide bonds. The maximum atomic E-state index is 12.3. The molecule has 0 radical (unpaired) electrons. The third-order valence-corrected chi connectivity index (χ3v) is 4.23. The topological polar surface area (TPSA) is 62.2 Å². The van der Waals surface area contributed by atoms with Crippen LogP contribution in [0.25, 0.3) is 0 Å². The molecule has 5 heteroatoms. The van der Waals surface area contributed by atoms with Gasteiger partial charge in [0, 0.05) is 17.6 Å². The summed E-state index contributed by atoms with van der Waals surface area (Å²) in [6, 6.07) is 13.4. The van der Waals surface area contributed by atoms with E-state index in [-0.39, 0.29) is 12.0 Å². The molecule has 0 saturated heterocycles. The number of rotatable bonds is 7. The van der Waals surface area contributed by atoms with Crippen molar-refractivity contribution in [2.24, 2.45) is 0 Å². The number of amides is 1. The summed E-state index contributed by atoms with van der Waals surface area (Å²) in [7, 11) is 0. The molecule has 0 aliphatic rings. The third-order valence-electron chi connectivity index (χ3n) is 3.21. The first kappa shape index (κ1) is 16.5. The van der Waals surface area contributed by atoms with Crippen molar-refractivity contribution in [2.75, 3.05) is 6.54 Å². The van der Waals surface area contributed by atoms with Crippen molar-refractivity contribution in [2.45, 2.75) is 35.8 Å². The second kappa shape index (κ2) is 8.56. The molecule has 0 aliphatic heterocycles. The number of aliphatic hydroxyl groups is 1. The lowest BCUT2D eigenvalue weighted by Gasteiger charge is -2.11. The van der Waals surface area contributed by atoms with Crippen LogP contribution in [0.5, 0.6) is 0 Å². The van der Waals surface area contributed by atoms with Crippen LogP contribution in [0, 0.1) is 0 Å². The minimum Gasteiger partial charge on any atom is -0.393 e. The van der Waals surface area contributed by atoms with Crippen LogP contribution in [-0.4, -0.2) is 28.6 Å². The Kier molecular flexibility index (Phi) is 6.43. The van der Waals surface area contributed by atoms with Crippen molar-refractivity contribution >= 4 is 17.7 Å². The molecule has 2 rings (SSSR count). The number of pyridine rings is 1. The highest BCUT2D eigenvalue weighted by molar-refractivity contribution is 7.99. The summed E-state index contributed by atoms with van der Waals surface area (Å²) in [6.45, 7) is 2.38. The number of carbonyl (C=O) groups is 1. The van der Waals surface area contributed by atoms with Crippen molar-refractivity contribution in [1.29, 1.82) is 0 Å². The summed E-state index contributed by atoms with van der Waals surface area (Å²) >= 11 is 1.47. The number of aromatic nitrogens is 1. The minimum absolute atomic E-state index is 0.158. The van der Waals surface area contributed by atoms with Crippen molar-refractivity contribution in [3.8, 4) is 0 Å². The standard InChI is InChI=1S/C17H20N2O2S/c1-2-13(20)10-12-18-16(21)15-9-6-11-19-17(15)22-14-7-4-3-5-8-14/h3-9,11,13,20H,2,10,12H2,1H3,(H,18,21). The van der Waals surface area contributed by atoms with Crippen LogP contribution in [0.1, 0.15) is 30.1 Å². The molecule has 1 aromatic carbocycles. The largest absolute Gasteiger partial charge is 0.393 e. The Morgan fingerprint density at radius 2 is 2.05 bits per heavy atom. The van der Waals surface area contributed by atoms with E-state index in [0.717, 1.165) is 4.90 Å². The molecule has 1 aromatic heterocycles. The summed E-state index contributed by atoms with van der Waals surface area (Å²) < 4.78 is 0. The van der Waals surface area contributed by atoms with E-state index in [1.165, 1.54) is 11.8 Å². The zero-order valence-corrected chi connectivity index (χ0v) is 13.3. The monoisotopic (exact) mass is 316 g/mol. The van der Waals surface area contributed by atoms with E-state index in [0.29, 0.717) is 30.0 Å². The molecule has 4 nitrogen and oxygen atoms in total. The number of aliphatic hydroxyl groups excluding tert-OH is 1. The van der Waals surface area contributed by atoms with Gasteiger partial charge in [0.15, 0.2) is 0 Å². The fraction of sp³-hybridized carbons (Fsp3) is 0.294. The fourth-order valence-electron chi connectivity index (χ4n) is 1.90. The van der Waals surface area contributed by atoms with E-state index >= 15 is 0 Å². The van der Waals surface area contributed by atoms with Gasteiger partial charge in [-0.3, -0.25) is 4.79 Å². The van der Waals surface area contributed by atoms with Gasteiger partial charge in [-0.1, -0.05) is 36.9 Å². The summed E-state index contributed by atoms with van der Waals surface area (Å²) in [5.74, 6) is -0.158. The second-order valence-electron chi connectivity index (χ2n) is 4.88. The van der Waals surface area contributed by atoms with Crippen molar-refractivity contribution in [3.05, 3.63) is 54.2 Å². The smallest absolute Gasteiger partial charge is 0.254 e. The highest BCUT2D eigenvalue weighted by Crippen LogP contribution is 2.28. The highest BCUT2D eigenvalue weighted by atomic mass is 32.2. The van der Waals surface area contributed by atoms with Crippen LogP contribution in [-0.2, 0) is 0 Å². The zero-order chi connectivity index (χ0) is 15.8. The molecule has 0 aliphatic carbocycles. The molecule has 0 spiro atoms. The first-order chi connectivity index (χ1) is 10.7. The van der Waals surface area contributed by atoms with Gasteiger partial charge in [-0.25, -0.2) is 4.98 Å². The van der Waals surface area contributed by atoms with Gasteiger partial charge in [0.2, 0.25) is 0 Å². The van der Waals surface area contributed by atoms with Crippen LogP contribution in [0.2, 0.25) is 0 Å². The summed E-state index contributed by atoms with van der Waals surface area (Å²) in [5, 5.41) is 13.0. The van der Waals surface area contributed by atoms with Crippen molar-refractivity contribution < 1.29 is 9.90 Å². The number of hydrogen-bond donors (Lipinski definition) is 2. The number of nitrogens with zero attached hydrogens (tertiary/aromatic N) is 1. The fourth-order valence-corrected chi connectivity index (χ4v) is 2.80. The Balaban J connectivity index is 2.03. The molecule has 2 aromatic rings. The summed E-state index contributed by atoms with van der Waals surface area (Å²) in [5.41, 5.74) is 0.558. The van der Waals surface area contributed by atoms with E-state index in [4.69, 9.17) is 0 Å². The second-order valence-corrected chi connectivity index (χ2v) is 5.94. The number of nitrogens with one attached hydrogen (secondary N) is 1. The molecule has 1 unspecified atom stereocenters. The molecule has 1 heterocycles. The molecule has 116 valence electrons. The summed E-state index contributed by atoms with van der Waals surface area (Å²) in [4.78, 5) is 17.6. The maximum Gasteiger partial charge on any atom is 0.254 e. The van der Waals surface area contributed by atoms with Gasteiger partial charge in [-0.15, -0.1) is 0 Å². The third kappa shape index (κ3) is 4.86. The van der Waals surface area contributed by atoms with Crippen LogP contribution >= 0.6 is 11.8 Å². The lowest BCUT2D eigenvalue weighted by Crippen LogP contribution is -2.27. The Morgan fingerprint density at radius 3 is 2.77 bits per heavy atom. The number of benzene rings is 1. The molecule has 0 saturated carbocycles. The van der Waals surface area contributed by atoms with Crippen LogP contribution < -0.4 is 5.32 Å². The van der Waals surface area contributed by atoms with Gasteiger partial charge >= 0.3 is 0 Å². The van der Waals surface area contributed by atoms with Gasteiger partial charge in [0.25, 0.3) is 5.91 Å². The van der Waals surface area contributed by atoms with E-state index < -0.39 is 0 Å². The Morgan fingerprint density at radius 1 is 1.27 bits per heavy atom. The average molecular weight is 316 g/mol. The average Bonchev–Trinajstić information content (AvgIpc) is 2.56. The Bertz CT molecular complexity index is 605. The lowest BCUT2D eigenvalue weighted by atomic mass is 10.2. The van der Waals surface area contributed by atoms with Gasteiger partial charge in [-0.05, 0) is 37.1 Å². The predicted octanol–water partition coefficient (Wildman–Crippen LogP) is 3.12. The minimum atomic E-state index is -0.368. The molecule has 1 atom stereocenters. The normalized spacial score (nSPS) is 11.9. The van der Waals surface area contributed by atoms with E-state index in [2.05, 4.69) is 10.3 Å². The molecule has 2 N–H and O–H groups in total. The first-order valence-corrected chi connectivity index (χ1v) is 8.16. The van der Waals surface area contributed by atoms with E-state index in [1.54, 1.807) is 18.3 Å². The van der Waals surface area contributed by atoms with Crippen LogP contribution in [0.3, 0.4) is 0 Å². The van der Waals surface area contributed by atoms with Gasteiger partial charge in [0.05, 0.1) is 11.7 Å². The van der Waals surface area contributed by atoms with Gasteiger partial charge < -0.3 is 10.4 Å².